The van der Waals surface area contributed by atoms with E-state index in [1.54, 1.807) is 0 Å². The predicted molar refractivity (Wildman–Crippen MR) is 119 cm³/mol. The lowest BCUT2D eigenvalue weighted by Crippen LogP contribution is -2.39. The molecule has 2 atom stereocenters. The molecular formula is C25H26NO2P. The van der Waals surface area contributed by atoms with Gasteiger partial charge in [0.2, 0.25) is 0 Å². The predicted octanol–water partition coefficient (Wildman–Crippen LogP) is 2.92. The summed E-state index contributed by atoms with van der Waals surface area (Å²) in [6.45, 7) is 2.16. The maximum absolute atomic E-state index is 6.76. The van der Waals surface area contributed by atoms with Gasteiger partial charge in [0.25, 0.3) is 0 Å². The van der Waals surface area contributed by atoms with E-state index in [9.17, 15) is 0 Å². The molecule has 2 aromatic carbocycles. The molecule has 29 heavy (non-hydrogen) atoms. The summed E-state index contributed by atoms with van der Waals surface area (Å²) in [7, 11) is -1.08. The number of benzene rings is 2. The van der Waals surface area contributed by atoms with Crippen molar-refractivity contribution in [2.45, 2.75) is 44.6 Å². The molecule has 3 nitrogen and oxygen atoms in total. The summed E-state index contributed by atoms with van der Waals surface area (Å²) < 4.78 is 15.9. The molecule has 2 aromatic rings. The first kappa shape index (κ1) is 17.9. The Labute approximate surface area is 172 Å². The third-order valence-corrected chi connectivity index (χ3v) is 8.12. The maximum atomic E-state index is 6.76. The van der Waals surface area contributed by atoms with Crippen molar-refractivity contribution in [3.05, 3.63) is 62.8 Å². The Bertz CT molecular complexity index is 1200. The van der Waals surface area contributed by atoms with Gasteiger partial charge < -0.3 is 9.05 Å². The molecule has 0 N–H and O–H groups in total. The van der Waals surface area contributed by atoms with E-state index in [4.69, 9.17) is 9.05 Å². The second-order valence-corrected chi connectivity index (χ2v) is 9.74. The average molecular weight is 403 g/mol. The first-order valence-electron chi connectivity index (χ1n) is 10.9. The van der Waals surface area contributed by atoms with Crippen LogP contribution in [0.5, 0.6) is 5.75 Å². The van der Waals surface area contributed by atoms with Gasteiger partial charge in [-0.2, -0.15) is 0 Å². The van der Waals surface area contributed by atoms with Crippen molar-refractivity contribution in [2.24, 2.45) is 0 Å². The van der Waals surface area contributed by atoms with E-state index in [1.807, 2.05) is 0 Å². The summed E-state index contributed by atoms with van der Waals surface area (Å²) in [5.41, 5.74) is 2.59. The molecule has 0 radical (unpaired) electrons. The number of hydrogen-bond donors (Lipinski definition) is 0. The minimum absolute atomic E-state index is 0.0565. The lowest BCUT2D eigenvalue weighted by molar-refractivity contribution is 0.217. The second kappa shape index (κ2) is 7.40. The topological polar surface area (TPSA) is 21.7 Å². The van der Waals surface area contributed by atoms with E-state index >= 15 is 0 Å². The van der Waals surface area contributed by atoms with Gasteiger partial charge in [0.1, 0.15) is 5.75 Å². The molecule has 0 spiro atoms. The first-order valence-corrected chi connectivity index (χ1v) is 12.0. The van der Waals surface area contributed by atoms with Gasteiger partial charge in [0.05, 0.1) is 6.10 Å². The van der Waals surface area contributed by atoms with E-state index in [1.165, 1.54) is 51.3 Å². The standard InChI is InChI=1S/C25H26NO2P/c1-6-16-26(17-7-1)29-27-22-14-12-18-8-2-4-10-20(18)24(22)25-21-11-5-3-9-19(21)13-15-23(25)28-29/h2,4,8-13,15,22H,1,3,5-7,14,16-17H2/t22-,29?/m1/s1. The van der Waals surface area contributed by atoms with Crippen molar-refractivity contribution >= 4 is 32.3 Å². The Morgan fingerprint density at radius 1 is 0.862 bits per heavy atom. The highest BCUT2D eigenvalue weighted by Gasteiger charge is 2.36. The van der Waals surface area contributed by atoms with E-state index in [0.717, 1.165) is 38.1 Å². The molecule has 1 unspecified atom stereocenters. The molecule has 2 aliphatic carbocycles. The molecule has 2 heterocycles. The smallest absolute Gasteiger partial charge is 0.321 e. The third-order valence-electron chi connectivity index (χ3n) is 6.47. The van der Waals surface area contributed by atoms with E-state index in [2.05, 4.69) is 59.3 Å². The fourth-order valence-corrected chi connectivity index (χ4v) is 6.68. The summed E-state index contributed by atoms with van der Waals surface area (Å²) in [5, 5.41) is 5.29. The van der Waals surface area contributed by atoms with Crippen LogP contribution in [0.15, 0.2) is 36.4 Å². The zero-order valence-electron chi connectivity index (χ0n) is 16.6. The van der Waals surface area contributed by atoms with Crippen molar-refractivity contribution in [3.63, 3.8) is 0 Å². The van der Waals surface area contributed by atoms with Crippen LogP contribution in [-0.4, -0.2) is 23.9 Å². The summed E-state index contributed by atoms with van der Waals surface area (Å²) in [6.07, 6.45) is 14.1. The Morgan fingerprint density at radius 3 is 2.66 bits per heavy atom. The van der Waals surface area contributed by atoms with Crippen LogP contribution in [0.2, 0.25) is 0 Å². The van der Waals surface area contributed by atoms with Crippen LogP contribution in [0.4, 0.5) is 0 Å². The molecule has 1 fully saturated rings. The maximum Gasteiger partial charge on any atom is 0.321 e. The van der Waals surface area contributed by atoms with Crippen LogP contribution in [0.3, 0.4) is 0 Å². The van der Waals surface area contributed by atoms with Gasteiger partial charge in [-0.1, -0.05) is 55.0 Å². The van der Waals surface area contributed by atoms with Crippen LogP contribution in [0.25, 0.3) is 23.8 Å². The van der Waals surface area contributed by atoms with Gasteiger partial charge in [0, 0.05) is 24.2 Å². The van der Waals surface area contributed by atoms with Gasteiger partial charge in [-0.3, -0.25) is 0 Å². The van der Waals surface area contributed by atoms with Crippen molar-refractivity contribution in [1.29, 1.82) is 0 Å². The molecule has 4 aliphatic rings. The molecule has 148 valence electrons. The first-order chi connectivity index (χ1) is 14.4. The molecule has 2 aliphatic heterocycles. The molecule has 0 amide bonds. The van der Waals surface area contributed by atoms with Crippen LogP contribution < -0.4 is 25.4 Å². The van der Waals surface area contributed by atoms with Gasteiger partial charge in [0.15, 0.2) is 0 Å². The van der Waals surface area contributed by atoms with Crippen LogP contribution in [-0.2, 0) is 4.52 Å². The summed E-state index contributed by atoms with van der Waals surface area (Å²) >= 11 is 0. The van der Waals surface area contributed by atoms with Gasteiger partial charge in [-0.05, 0) is 59.0 Å². The van der Waals surface area contributed by atoms with Crippen LogP contribution in [0, 0.1) is 0 Å². The van der Waals surface area contributed by atoms with Crippen molar-refractivity contribution in [3.8, 4) is 5.75 Å². The number of hydrogen-bond acceptors (Lipinski definition) is 3. The van der Waals surface area contributed by atoms with Crippen molar-refractivity contribution < 1.29 is 9.05 Å². The third kappa shape index (κ3) is 3.08. The highest BCUT2D eigenvalue weighted by atomic mass is 31.2. The Kier molecular flexibility index (Phi) is 4.56. The summed E-state index contributed by atoms with van der Waals surface area (Å²) in [5.74, 6) is 1.00. The molecule has 0 saturated carbocycles. The number of nitrogens with zero attached hydrogens (tertiary/aromatic N) is 1. The molecule has 0 aromatic heterocycles. The number of fused-ring (bicyclic) bond motifs is 6. The second-order valence-electron chi connectivity index (χ2n) is 8.31. The number of piperidine rings is 1. The van der Waals surface area contributed by atoms with Crippen molar-refractivity contribution in [2.75, 3.05) is 13.1 Å². The lowest BCUT2D eigenvalue weighted by atomic mass is 9.88. The SMILES string of the molecule is C1=c2ccccc2=C2c3c(ccc4c3=CCCC=4)OP(N3CCCCC3)O[C@@H]2C1. The van der Waals surface area contributed by atoms with Gasteiger partial charge in [-0.25, -0.2) is 4.67 Å². The van der Waals surface area contributed by atoms with Crippen LogP contribution in [0.1, 0.15) is 44.1 Å². The average Bonchev–Trinajstić information content (AvgIpc) is 2.97. The molecule has 6 rings (SSSR count). The van der Waals surface area contributed by atoms with Crippen molar-refractivity contribution in [1.82, 2.24) is 4.67 Å². The molecular weight excluding hydrogens is 377 g/mol. The minimum atomic E-state index is -1.08. The Morgan fingerprint density at radius 2 is 1.72 bits per heavy atom. The van der Waals surface area contributed by atoms with E-state index in [-0.39, 0.29) is 6.10 Å². The fourth-order valence-electron chi connectivity index (χ4n) is 5.05. The monoisotopic (exact) mass is 403 g/mol. The summed E-state index contributed by atoms with van der Waals surface area (Å²) in [6, 6.07) is 13.2. The van der Waals surface area contributed by atoms with Gasteiger partial charge >= 0.3 is 8.53 Å². The Hall–Kier alpha value is -1.93. The molecule has 4 heteroatoms. The van der Waals surface area contributed by atoms with E-state index in [0.29, 0.717) is 0 Å². The minimum Gasteiger partial charge on any atom is -0.435 e. The quantitative estimate of drug-likeness (QED) is 0.684. The normalized spacial score (nSPS) is 25.6. The largest absolute Gasteiger partial charge is 0.435 e. The Balaban J connectivity index is 1.62. The van der Waals surface area contributed by atoms with E-state index < -0.39 is 8.53 Å². The highest BCUT2D eigenvalue weighted by Crippen LogP contribution is 2.51. The van der Waals surface area contributed by atoms with Crippen LogP contribution >= 0.6 is 8.53 Å². The zero-order chi connectivity index (χ0) is 19.2. The summed E-state index contributed by atoms with van der Waals surface area (Å²) in [4.78, 5) is 0. The lowest BCUT2D eigenvalue weighted by Gasteiger charge is -2.32. The number of rotatable bonds is 1. The molecule has 0 bridgehead atoms. The molecule has 1 saturated heterocycles. The highest BCUT2D eigenvalue weighted by molar-refractivity contribution is 7.45. The zero-order valence-corrected chi connectivity index (χ0v) is 17.5. The van der Waals surface area contributed by atoms with Gasteiger partial charge in [-0.15, -0.1) is 0 Å². The fraction of sp³-hybridized carbons (Fsp3) is 0.360.